The molecule has 6 heteroatoms. The minimum atomic E-state index is -1.90. The Morgan fingerprint density at radius 3 is 2.17 bits per heavy atom. The van der Waals surface area contributed by atoms with Gasteiger partial charge in [0.1, 0.15) is 12.8 Å². The summed E-state index contributed by atoms with van der Waals surface area (Å²) in [6.45, 7) is -1.90. The normalized spacial score (nSPS) is 25.2. The van der Waals surface area contributed by atoms with Crippen LogP contribution in [-0.2, 0) is 18.9 Å². The van der Waals surface area contributed by atoms with E-state index in [0.29, 0.717) is 5.82 Å². The number of carbonyl (C=O) groups is 2. The number of hydrogen-bond acceptors (Lipinski definition) is 4. The second kappa shape index (κ2) is 2.32. The van der Waals surface area contributed by atoms with Gasteiger partial charge in [0, 0.05) is 11.6 Å². The Kier molecular flexibility index (Phi) is 1.51. The van der Waals surface area contributed by atoms with Gasteiger partial charge in [-0.2, -0.15) is 11.6 Å². The molecule has 0 saturated carbocycles. The summed E-state index contributed by atoms with van der Waals surface area (Å²) in [4.78, 5) is 21.7. The third-order valence-corrected chi connectivity index (χ3v) is 2.62. The first kappa shape index (κ1) is 7.80. The van der Waals surface area contributed by atoms with Crippen molar-refractivity contribution in [2.45, 2.75) is 12.8 Å². The van der Waals surface area contributed by atoms with E-state index in [-0.39, 0.29) is 30.6 Å². The van der Waals surface area contributed by atoms with Gasteiger partial charge in [-0.1, -0.05) is 0 Å². The van der Waals surface area contributed by atoms with Crippen LogP contribution in [0.3, 0.4) is 0 Å². The van der Waals surface area contributed by atoms with E-state index < -0.39 is 6.55 Å². The van der Waals surface area contributed by atoms with Crippen molar-refractivity contribution < 1.29 is 18.9 Å². The molecule has 0 unspecified atom stereocenters. The van der Waals surface area contributed by atoms with E-state index in [2.05, 4.69) is 0 Å². The molecular weight excluding hydrogens is 182 g/mol. The average Bonchev–Trinajstić information content (AvgIpc) is 2.40. The van der Waals surface area contributed by atoms with Crippen LogP contribution in [0.1, 0.15) is 12.8 Å². The van der Waals surface area contributed by atoms with E-state index in [9.17, 15) is 9.59 Å². The van der Waals surface area contributed by atoms with E-state index in [0.717, 1.165) is 0 Å². The summed E-state index contributed by atoms with van der Waals surface area (Å²) < 4.78 is 9.81. The molecule has 2 rings (SSSR count). The summed E-state index contributed by atoms with van der Waals surface area (Å²) >= 11 is 5.58. The molecule has 0 atom stereocenters. The molecule has 4 nitrogen and oxygen atoms in total. The van der Waals surface area contributed by atoms with Crippen molar-refractivity contribution in [3.8, 4) is 0 Å². The summed E-state index contributed by atoms with van der Waals surface area (Å²) in [5.74, 6) is 0.0589. The second-order valence-electron chi connectivity index (χ2n) is 3.02. The van der Waals surface area contributed by atoms with Crippen LogP contribution in [0.5, 0.6) is 0 Å². The van der Waals surface area contributed by atoms with Gasteiger partial charge in [-0.3, -0.25) is 9.59 Å². The van der Waals surface area contributed by atoms with Gasteiger partial charge >= 0.3 is 18.5 Å². The van der Waals surface area contributed by atoms with Crippen molar-refractivity contribution in [3.05, 3.63) is 5.82 Å². The van der Waals surface area contributed by atoms with Crippen molar-refractivity contribution >= 4 is 30.1 Å². The predicted molar refractivity (Wildman–Crippen MR) is 41.1 cm³/mol. The minimum Gasteiger partial charge on any atom is -0.613 e. The van der Waals surface area contributed by atoms with E-state index in [1.807, 2.05) is 0 Å². The van der Waals surface area contributed by atoms with Gasteiger partial charge in [-0.25, -0.2) is 0 Å². The molecule has 2 heterocycles. The molecule has 0 amide bonds. The van der Waals surface area contributed by atoms with Gasteiger partial charge in [0.25, 0.3) is 0 Å². The number of carbonyl (C=O) groups excluding carboxylic acids is 2. The van der Waals surface area contributed by atoms with Crippen LogP contribution < -0.4 is 0 Å². The molecule has 0 N–H and O–H groups in total. The molecule has 0 aliphatic carbocycles. The van der Waals surface area contributed by atoms with Crippen molar-refractivity contribution in [3.63, 3.8) is 0 Å². The lowest BCUT2D eigenvalue weighted by Gasteiger charge is -2.20. The van der Waals surface area contributed by atoms with Crippen LogP contribution in [0, 0.1) is 5.82 Å². The summed E-state index contributed by atoms with van der Waals surface area (Å²) in [5.41, 5.74) is 0. The maximum absolute atomic E-state index is 10.9. The largest absolute Gasteiger partial charge is 0.613 e. The molecule has 2 saturated heterocycles. The predicted octanol–water partition coefficient (Wildman–Crippen LogP) is 0.214. The highest BCUT2D eigenvalue weighted by molar-refractivity contribution is 6.84. The molecule has 0 spiro atoms. The number of hydrogen-bond donors (Lipinski definition) is 0. The fourth-order valence-electron chi connectivity index (χ4n) is 1.62. The topological polar surface area (TPSA) is 52.6 Å². The van der Waals surface area contributed by atoms with Crippen LogP contribution in [0.15, 0.2) is 0 Å². The zero-order valence-electron chi connectivity index (χ0n) is 6.21. The Hall–Kier alpha value is -0.835. The highest BCUT2D eigenvalue weighted by Crippen LogP contribution is 2.40. The third kappa shape index (κ3) is 0.892. The van der Waals surface area contributed by atoms with Crippen LogP contribution in [-0.4, -0.2) is 24.3 Å². The molecule has 64 valence electrons. The van der Waals surface area contributed by atoms with E-state index in [4.69, 9.17) is 20.9 Å². The van der Waals surface area contributed by atoms with Gasteiger partial charge in [0.15, 0.2) is 0 Å². The molecule has 0 aromatic heterocycles. The number of alkyl halides is 1. The standard InChI is InChI=1S/C6H6BClO4/c8-3-7-4(1-5(9)11-7)2-6(10)12-7/h1-3H2. The Balaban J connectivity index is 2.26. The summed E-state index contributed by atoms with van der Waals surface area (Å²) in [7, 11) is 0. The highest BCUT2D eigenvalue weighted by atomic mass is 35.5. The molecule has 0 radical (unpaired) electrons. The first-order valence-corrected chi connectivity index (χ1v) is 4.20. The van der Waals surface area contributed by atoms with Gasteiger partial charge in [-0.15, -0.1) is 0 Å². The first-order valence-electron chi connectivity index (χ1n) is 3.67. The fourth-order valence-corrected chi connectivity index (χ4v) is 1.96. The summed E-state index contributed by atoms with van der Waals surface area (Å²) in [6.07, 6.45) is 0.358. The number of halogens is 1. The maximum Gasteiger partial charge on any atom is 0.573 e. The Morgan fingerprint density at radius 1 is 1.33 bits per heavy atom. The molecule has 0 aromatic carbocycles. The molecule has 0 bridgehead atoms. The van der Waals surface area contributed by atoms with Gasteiger partial charge < -0.3 is 9.31 Å². The van der Waals surface area contributed by atoms with Gasteiger partial charge in [0.05, 0.1) is 0 Å². The van der Waals surface area contributed by atoms with Crippen LogP contribution in [0.4, 0.5) is 0 Å². The van der Waals surface area contributed by atoms with Gasteiger partial charge in [0.2, 0.25) is 0 Å². The lowest BCUT2D eigenvalue weighted by Crippen LogP contribution is -2.42. The second-order valence-corrected chi connectivity index (χ2v) is 3.32. The number of rotatable bonds is 1. The molecule has 2 aliphatic rings. The zero-order valence-corrected chi connectivity index (χ0v) is 6.97. The van der Waals surface area contributed by atoms with E-state index in [1.54, 1.807) is 0 Å². The molecule has 2 fully saturated rings. The van der Waals surface area contributed by atoms with Crippen LogP contribution in [0.25, 0.3) is 0 Å². The van der Waals surface area contributed by atoms with Crippen molar-refractivity contribution in [1.82, 2.24) is 0 Å². The van der Waals surface area contributed by atoms with Crippen molar-refractivity contribution in [2.75, 3.05) is 5.78 Å². The van der Waals surface area contributed by atoms with E-state index in [1.165, 1.54) is 0 Å². The Morgan fingerprint density at radius 2 is 1.83 bits per heavy atom. The number of fused-ring (bicyclic) bond motifs is 1. The van der Waals surface area contributed by atoms with Crippen molar-refractivity contribution in [2.24, 2.45) is 0 Å². The van der Waals surface area contributed by atoms with E-state index >= 15 is 0 Å². The lowest BCUT2D eigenvalue weighted by atomic mass is 9.51. The van der Waals surface area contributed by atoms with Crippen LogP contribution >= 0.6 is 11.6 Å². The minimum absolute atomic E-state index is 0.0484. The summed E-state index contributed by atoms with van der Waals surface area (Å²) in [6, 6.07) is 0. The molecule has 12 heavy (non-hydrogen) atoms. The molecular formula is C6H6BClO4. The Bertz CT molecular complexity index is 234. The smallest absolute Gasteiger partial charge is 0.573 e. The zero-order chi connectivity index (χ0) is 8.77. The average molecular weight is 188 g/mol. The maximum atomic E-state index is 10.9. The summed E-state index contributed by atoms with van der Waals surface area (Å²) in [5, 5.41) is 0. The SMILES string of the molecule is O=C1C[C+]2CC(=O)O[B-]2(CCl)O1. The highest BCUT2D eigenvalue weighted by Gasteiger charge is 2.64. The fraction of sp³-hybridized carbons (Fsp3) is 0.500. The van der Waals surface area contributed by atoms with Gasteiger partial charge in [-0.05, 0) is 0 Å². The lowest BCUT2D eigenvalue weighted by molar-refractivity contribution is -0.138. The quantitative estimate of drug-likeness (QED) is 0.335. The Labute approximate surface area is 74.1 Å². The van der Waals surface area contributed by atoms with Crippen LogP contribution in [0.2, 0.25) is 0 Å². The third-order valence-electron chi connectivity index (χ3n) is 2.21. The first-order chi connectivity index (χ1) is 5.66. The van der Waals surface area contributed by atoms with Crippen molar-refractivity contribution in [1.29, 1.82) is 0 Å². The molecule has 0 aromatic rings. The monoisotopic (exact) mass is 188 g/mol. The molecule has 2 aliphatic heterocycles.